The molecule has 3 N–H and O–H groups in total. The highest BCUT2D eigenvalue weighted by molar-refractivity contribution is 5.95. The molecule has 9 heteroatoms. The molecule has 1 fully saturated rings. The van der Waals surface area contributed by atoms with Gasteiger partial charge >= 0.3 is 5.97 Å². The number of nitrogen functional groups attached to an aromatic ring is 1. The van der Waals surface area contributed by atoms with Crippen LogP contribution < -0.4 is 10.8 Å². The summed E-state index contributed by atoms with van der Waals surface area (Å²) in [6, 6.07) is 4.58. The number of benzene rings is 1. The molecule has 0 amide bonds. The number of ether oxygens (including phenoxy) is 4. The van der Waals surface area contributed by atoms with Gasteiger partial charge in [-0.15, -0.1) is 0 Å². The first-order valence-electron chi connectivity index (χ1n) is 8.02. The Bertz CT molecular complexity index is 525. The molecule has 1 aliphatic rings. The molecule has 25 heavy (non-hydrogen) atoms. The summed E-state index contributed by atoms with van der Waals surface area (Å²) >= 11 is 0. The minimum absolute atomic E-state index is 0.0343. The fourth-order valence-corrected chi connectivity index (χ4v) is 2.13. The second kappa shape index (κ2) is 10.9. The summed E-state index contributed by atoms with van der Waals surface area (Å²) in [5.41, 5.74) is 6.43. The van der Waals surface area contributed by atoms with Gasteiger partial charge in [-0.25, -0.2) is 9.86 Å². The molecule has 140 valence electrons. The van der Waals surface area contributed by atoms with Gasteiger partial charge in [-0.2, -0.15) is 0 Å². The Kier molecular flexibility index (Phi) is 8.43. The lowest BCUT2D eigenvalue weighted by Crippen LogP contribution is -2.30. The molecule has 0 atom stereocenters. The van der Waals surface area contributed by atoms with E-state index < -0.39 is 5.97 Å². The molecule has 1 aromatic carbocycles. The number of aromatic carboxylic acids is 1. The number of carboxylic acids is 1. The van der Waals surface area contributed by atoms with Crippen molar-refractivity contribution in [3.05, 3.63) is 23.8 Å². The van der Waals surface area contributed by atoms with E-state index in [0.717, 1.165) is 0 Å². The molecule has 0 bridgehead atoms. The van der Waals surface area contributed by atoms with Gasteiger partial charge in [0.25, 0.3) is 0 Å². The molecule has 0 aliphatic carbocycles. The van der Waals surface area contributed by atoms with Crippen molar-refractivity contribution in [2.24, 2.45) is 0 Å². The van der Waals surface area contributed by atoms with E-state index in [4.69, 9.17) is 29.5 Å². The molecule has 0 saturated carbocycles. The summed E-state index contributed by atoms with van der Waals surface area (Å²) in [6.07, 6.45) is 0. The second-order valence-corrected chi connectivity index (χ2v) is 5.17. The van der Waals surface area contributed by atoms with Crippen molar-refractivity contribution in [3.8, 4) is 0 Å². The van der Waals surface area contributed by atoms with Gasteiger partial charge in [0, 0.05) is 5.69 Å². The van der Waals surface area contributed by atoms with Gasteiger partial charge in [-0.1, -0.05) is 0 Å². The van der Waals surface area contributed by atoms with Crippen LogP contribution in [0.25, 0.3) is 0 Å². The van der Waals surface area contributed by atoms with Crippen LogP contribution >= 0.6 is 0 Å². The van der Waals surface area contributed by atoms with Crippen molar-refractivity contribution in [1.29, 1.82) is 0 Å². The van der Waals surface area contributed by atoms with Gasteiger partial charge in [-0.3, -0.25) is 4.84 Å². The van der Waals surface area contributed by atoms with Gasteiger partial charge < -0.3 is 29.8 Å². The summed E-state index contributed by atoms with van der Waals surface area (Å²) in [5, 5.41) is 10.8. The first kappa shape index (κ1) is 19.4. The Labute approximate surface area is 146 Å². The summed E-state index contributed by atoms with van der Waals surface area (Å²) in [7, 11) is 0. The molecule has 0 spiro atoms. The van der Waals surface area contributed by atoms with Crippen LogP contribution in [0.15, 0.2) is 18.2 Å². The Hall–Kier alpha value is -1.91. The Morgan fingerprint density at radius 3 is 2.08 bits per heavy atom. The zero-order valence-corrected chi connectivity index (χ0v) is 14.0. The zero-order valence-electron chi connectivity index (χ0n) is 14.0. The third-order valence-electron chi connectivity index (χ3n) is 3.32. The largest absolute Gasteiger partial charge is 0.478 e. The molecule has 9 nitrogen and oxygen atoms in total. The van der Waals surface area contributed by atoms with Crippen molar-refractivity contribution in [1.82, 2.24) is 0 Å². The summed E-state index contributed by atoms with van der Waals surface area (Å²) in [5.74, 6) is -1.10. The summed E-state index contributed by atoms with van der Waals surface area (Å²) in [4.78, 5) is 17.1. The fourth-order valence-electron chi connectivity index (χ4n) is 2.13. The van der Waals surface area contributed by atoms with E-state index in [1.54, 1.807) is 12.1 Å². The summed E-state index contributed by atoms with van der Waals surface area (Å²) < 4.78 is 21.6. The number of carbonyl (C=O) groups is 1. The van der Waals surface area contributed by atoms with E-state index >= 15 is 0 Å². The topological polar surface area (TPSA) is 113 Å². The predicted octanol–water partition coefficient (Wildman–Crippen LogP) is 0.743. The van der Waals surface area contributed by atoms with Crippen molar-refractivity contribution in [2.75, 3.05) is 70.4 Å². The monoisotopic (exact) mass is 356 g/mol. The average molecular weight is 356 g/mol. The Morgan fingerprint density at radius 1 is 0.920 bits per heavy atom. The van der Waals surface area contributed by atoms with Gasteiger partial charge in [0.15, 0.2) is 0 Å². The second-order valence-electron chi connectivity index (χ2n) is 5.17. The molecule has 0 radical (unpaired) electrons. The molecule has 0 unspecified atom stereocenters. The van der Waals surface area contributed by atoms with Gasteiger partial charge in [0.2, 0.25) is 0 Å². The maximum atomic E-state index is 11.5. The van der Waals surface area contributed by atoms with Crippen LogP contribution in [0.5, 0.6) is 0 Å². The number of hydrogen-bond acceptors (Lipinski definition) is 8. The SMILES string of the molecule is Nc1ccc(N2COCCOCCOCCOCCO2)c(C(=O)O)c1. The van der Waals surface area contributed by atoms with E-state index in [0.29, 0.717) is 57.6 Å². The summed E-state index contributed by atoms with van der Waals surface area (Å²) in [6.45, 7) is 3.27. The maximum absolute atomic E-state index is 11.5. The van der Waals surface area contributed by atoms with E-state index in [-0.39, 0.29) is 18.9 Å². The number of nitrogens with zero attached hydrogens (tertiary/aromatic N) is 1. The van der Waals surface area contributed by atoms with Crippen LogP contribution in [-0.4, -0.2) is 70.7 Å². The third kappa shape index (κ3) is 6.85. The minimum atomic E-state index is -1.10. The molecule has 2 rings (SSSR count). The van der Waals surface area contributed by atoms with Crippen molar-refractivity contribution in [2.45, 2.75) is 0 Å². The smallest absolute Gasteiger partial charge is 0.337 e. The highest BCUT2D eigenvalue weighted by atomic mass is 16.7. The van der Waals surface area contributed by atoms with Gasteiger partial charge in [-0.05, 0) is 18.2 Å². The molecule has 1 saturated heterocycles. The van der Waals surface area contributed by atoms with Crippen molar-refractivity contribution >= 4 is 17.3 Å². The number of carboxylic acid groups (broad SMARTS) is 1. The van der Waals surface area contributed by atoms with Crippen molar-refractivity contribution in [3.63, 3.8) is 0 Å². The van der Waals surface area contributed by atoms with Crippen LogP contribution in [0.2, 0.25) is 0 Å². The van der Waals surface area contributed by atoms with Crippen LogP contribution in [0.4, 0.5) is 11.4 Å². The third-order valence-corrected chi connectivity index (χ3v) is 3.32. The molecular weight excluding hydrogens is 332 g/mol. The van der Waals surface area contributed by atoms with Crippen LogP contribution in [-0.2, 0) is 23.8 Å². The first-order valence-corrected chi connectivity index (χ1v) is 8.02. The Morgan fingerprint density at radius 2 is 1.48 bits per heavy atom. The number of anilines is 2. The zero-order chi connectivity index (χ0) is 17.9. The van der Waals surface area contributed by atoms with E-state index in [1.165, 1.54) is 11.1 Å². The normalized spacial score (nSPS) is 19.0. The van der Waals surface area contributed by atoms with E-state index in [9.17, 15) is 9.90 Å². The molecule has 1 aliphatic heterocycles. The van der Waals surface area contributed by atoms with E-state index in [1.807, 2.05) is 0 Å². The highest BCUT2D eigenvalue weighted by Gasteiger charge is 2.18. The van der Waals surface area contributed by atoms with E-state index in [2.05, 4.69) is 0 Å². The first-order chi connectivity index (χ1) is 12.2. The minimum Gasteiger partial charge on any atom is -0.478 e. The highest BCUT2D eigenvalue weighted by Crippen LogP contribution is 2.23. The molecule has 1 aromatic rings. The maximum Gasteiger partial charge on any atom is 0.337 e. The van der Waals surface area contributed by atoms with Gasteiger partial charge in [0.05, 0.1) is 64.1 Å². The molecule has 1 heterocycles. The number of rotatable bonds is 2. The number of hydroxylamine groups is 1. The molecular formula is C16H24N2O7. The standard InChI is InChI=1S/C16H24N2O7/c17-13-1-2-15(14(11-13)16(19)20)18-12-24-8-7-22-4-3-21-5-6-23-9-10-25-18/h1-2,11H,3-10,12,17H2,(H,19,20). The Balaban J connectivity index is 2.05. The number of nitrogens with two attached hydrogens (primary N) is 1. The lowest BCUT2D eigenvalue weighted by atomic mass is 10.1. The van der Waals surface area contributed by atoms with Crippen LogP contribution in [0.3, 0.4) is 0 Å². The fraction of sp³-hybridized carbons (Fsp3) is 0.562. The predicted molar refractivity (Wildman–Crippen MR) is 89.5 cm³/mol. The van der Waals surface area contributed by atoms with Crippen LogP contribution in [0.1, 0.15) is 10.4 Å². The van der Waals surface area contributed by atoms with Crippen LogP contribution in [0, 0.1) is 0 Å². The lowest BCUT2D eigenvalue weighted by molar-refractivity contribution is -0.0157. The van der Waals surface area contributed by atoms with Gasteiger partial charge in [0.1, 0.15) is 6.73 Å². The lowest BCUT2D eigenvalue weighted by Gasteiger charge is -2.25. The quantitative estimate of drug-likeness (QED) is 0.741. The number of hydrogen-bond donors (Lipinski definition) is 2. The molecule has 0 aromatic heterocycles. The average Bonchev–Trinajstić information content (AvgIpc) is 2.60. The van der Waals surface area contributed by atoms with Crippen molar-refractivity contribution < 1.29 is 33.7 Å².